The predicted octanol–water partition coefficient (Wildman–Crippen LogP) is 5.81. The fourth-order valence-corrected chi connectivity index (χ4v) is 2.59. The Morgan fingerprint density at radius 2 is 1.30 bits per heavy atom. The number of rotatable bonds is 2. The molecular weight excluding hydrogens is 352 g/mol. The van der Waals surface area contributed by atoms with E-state index in [-0.39, 0.29) is 25.7 Å². The van der Waals surface area contributed by atoms with Gasteiger partial charge < -0.3 is 0 Å². The molecule has 2 rings (SSSR count). The summed E-state index contributed by atoms with van der Waals surface area (Å²) in [6, 6.07) is 4.27. The van der Waals surface area contributed by atoms with E-state index >= 15 is 0 Å². The van der Waals surface area contributed by atoms with Gasteiger partial charge in [-0.3, -0.25) is 4.79 Å². The van der Waals surface area contributed by atoms with Crippen molar-refractivity contribution in [2.24, 2.45) is 0 Å². The third-order valence-electron chi connectivity index (χ3n) is 2.53. The number of ketones is 1. The highest BCUT2D eigenvalue weighted by Gasteiger charge is 2.26. The van der Waals surface area contributed by atoms with E-state index in [9.17, 15) is 13.6 Å². The minimum Gasteiger partial charge on any atom is -0.288 e. The van der Waals surface area contributed by atoms with Crippen LogP contribution in [0.4, 0.5) is 8.78 Å². The Morgan fingerprint density at radius 3 is 1.75 bits per heavy atom. The lowest BCUT2D eigenvalue weighted by Crippen LogP contribution is -2.09. The second-order valence-corrected chi connectivity index (χ2v) is 5.34. The Balaban J connectivity index is 2.72. The predicted molar refractivity (Wildman–Crippen MR) is 76.3 cm³/mol. The van der Waals surface area contributed by atoms with Gasteiger partial charge in [0, 0.05) is 0 Å². The Morgan fingerprint density at radius 1 is 0.850 bits per heavy atom. The molecule has 0 aromatic heterocycles. The van der Waals surface area contributed by atoms with E-state index in [0.29, 0.717) is 0 Å². The first kappa shape index (κ1) is 15.5. The summed E-state index contributed by atoms with van der Waals surface area (Å²) in [5, 5.41) is -0.509. The van der Waals surface area contributed by atoms with E-state index < -0.39 is 23.0 Å². The molecule has 0 spiro atoms. The molecule has 7 heteroatoms. The Bertz CT molecular complexity index is 670. The van der Waals surface area contributed by atoms with Gasteiger partial charge in [-0.15, -0.1) is 0 Å². The molecule has 0 unspecified atom stereocenters. The molecular formula is C13H4Cl4F2O. The maximum absolute atomic E-state index is 13.6. The molecule has 2 aromatic carbocycles. The SMILES string of the molecule is O=C(c1c(F)cccc1F)c1c(Cl)c(Cl)cc(Cl)c1Cl. The van der Waals surface area contributed by atoms with Gasteiger partial charge in [-0.25, -0.2) is 8.78 Å². The van der Waals surface area contributed by atoms with Crippen LogP contribution in [0.5, 0.6) is 0 Å². The fraction of sp³-hybridized carbons (Fsp3) is 0. The highest BCUT2D eigenvalue weighted by molar-refractivity contribution is 6.50. The van der Waals surface area contributed by atoms with E-state index in [1.807, 2.05) is 0 Å². The zero-order chi connectivity index (χ0) is 15.0. The van der Waals surface area contributed by atoms with Gasteiger partial charge in [0.05, 0.1) is 31.2 Å². The minimum atomic E-state index is -1.03. The van der Waals surface area contributed by atoms with Crippen LogP contribution in [-0.4, -0.2) is 5.78 Å². The summed E-state index contributed by atoms with van der Waals surface area (Å²) in [5.41, 5.74) is -1.11. The summed E-state index contributed by atoms with van der Waals surface area (Å²) in [6.07, 6.45) is 0. The number of benzene rings is 2. The number of hydrogen-bond acceptors (Lipinski definition) is 1. The lowest BCUT2D eigenvalue weighted by atomic mass is 10.0. The summed E-state index contributed by atoms with van der Waals surface area (Å²) >= 11 is 23.3. The van der Waals surface area contributed by atoms with Gasteiger partial charge in [-0.1, -0.05) is 52.5 Å². The average Bonchev–Trinajstić information content (AvgIpc) is 2.36. The van der Waals surface area contributed by atoms with Crippen LogP contribution in [0.1, 0.15) is 15.9 Å². The molecule has 20 heavy (non-hydrogen) atoms. The summed E-state index contributed by atoms with van der Waals surface area (Å²) in [6.45, 7) is 0. The van der Waals surface area contributed by atoms with Gasteiger partial charge in [0.15, 0.2) is 0 Å². The van der Waals surface area contributed by atoms with E-state index in [4.69, 9.17) is 46.4 Å². The smallest absolute Gasteiger partial charge is 0.202 e. The van der Waals surface area contributed by atoms with E-state index in [0.717, 1.165) is 18.2 Å². The lowest BCUT2D eigenvalue weighted by Gasteiger charge is -2.10. The van der Waals surface area contributed by atoms with Gasteiger partial charge in [-0.05, 0) is 18.2 Å². The van der Waals surface area contributed by atoms with Crippen LogP contribution in [0, 0.1) is 11.6 Å². The molecule has 104 valence electrons. The van der Waals surface area contributed by atoms with Crippen LogP contribution in [-0.2, 0) is 0 Å². The van der Waals surface area contributed by atoms with E-state index in [1.165, 1.54) is 6.07 Å². The third kappa shape index (κ3) is 2.63. The van der Waals surface area contributed by atoms with Gasteiger partial charge in [0.25, 0.3) is 0 Å². The molecule has 0 bridgehead atoms. The largest absolute Gasteiger partial charge is 0.288 e. The van der Waals surface area contributed by atoms with E-state index in [1.54, 1.807) is 0 Å². The number of carbonyl (C=O) groups is 1. The van der Waals surface area contributed by atoms with Crippen molar-refractivity contribution in [1.29, 1.82) is 0 Å². The molecule has 0 radical (unpaired) electrons. The monoisotopic (exact) mass is 354 g/mol. The standard InChI is InChI=1S/C13H4Cl4F2O/c14-5-4-6(15)12(17)10(11(5)16)13(20)9-7(18)2-1-3-8(9)19/h1-4H. The first-order valence-corrected chi connectivity index (χ1v) is 6.67. The number of halogens is 6. The molecule has 0 N–H and O–H groups in total. The van der Waals surface area contributed by atoms with Crippen LogP contribution < -0.4 is 0 Å². The second-order valence-electron chi connectivity index (χ2n) is 3.77. The van der Waals surface area contributed by atoms with Crippen molar-refractivity contribution in [3.05, 3.63) is 67.1 Å². The molecule has 0 amide bonds. The zero-order valence-corrected chi connectivity index (χ0v) is 12.5. The van der Waals surface area contributed by atoms with Gasteiger partial charge in [-0.2, -0.15) is 0 Å². The van der Waals surface area contributed by atoms with Crippen LogP contribution in [0.25, 0.3) is 0 Å². The van der Waals surface area contributed by atoms with Crippen molar-refractivity contribution in [2.75, 3.05) is 0 Å². The molecule has 1 nitrogen and oxygen atoms in total. The molecule has 0 saturated carbocycles. The number of carbonyl (C=O) groups excluding carboxylic acids is 1. The Hall–Kier alpha value is -0.870. The Kier molecular flexibility index (Phi) is 4.55. The normalized spacial score (nSPS) is 10.7. The third-order valence-corrected chi connectivity index (χ3v) is 4.10. The molecule has 0 atom stereocenters. The topological polar surface area (TPSA) is 17.1 Å². The lowest BCUT2D eigenvalue weighted by molar-refractivity contribution is 0.103. The maximum atomic E-state index is 13.6. The highest BCUT2D eigenvalue weighted by atomic mass is 35.5. The van der Waals surface area contributed by atoms with Crippen LogP contribution >= 0.6 is 46.4 Å². The van der Waals surface area contributed by atoms with Crippen molar-refractivity contribution < 1.29 is 13.6 Å². The summed E-state index contributed by atoms with van der Waals surface area (Å²) in [5.74, 6) is -3.09. The van der Waals surface area contributed by atoms with Crippen molar-refractivity contribution in [3.8, 4) is 0 Å². The van der Waals surface area contributed by atoms with Crippen molar-refractivity contribution in [2.45, 2.75) is 0 Å². The molecule has 0 aliphatic rings. The van der Waals surface area contributed by atoms with Crippen molar-refractivity contribution in [1.82, 2.24) is 0 Å². The second kappa shape index (κ2) is 5.86. The van der Waals surface area contributed by atoms with Crippen LogP contribution in [0.15, 0.2) is 24.3 Å². The fourth-order valence-electron chi connectivity index (χ4n) is 1.61. The first-order chi connectivity index (χ1) is 9.34. The zero-order valence-electron chi connectivity index (χ0n) is 9.49. The number of hydrogen-bond donors (Lipinski definition) is 0. The average molecular weight is 356 g/mol. The molecule has 0 heterocycles. The van der Waals surface area contributed by atoms with Gasteiger partial charge in [0.1, 0.15) is 11.6 Å². The molecule has 2 aromatic rings. The molecule has 0 aliphatic carbocycles. The molecule has 0 fully saturated rings. The van der Waals surface area contributed by atoms with Crippen LogP contribution in [0.3, 0.4) is 0 Å². The Labute approximate surface area is 133 Å². The van der Waals surface area contributed by atoms with E-state index in [2.05, 4.69) is 0 Å². The summed E-state index contributed by atoms with van der Waals surface area (Å²) in [4.78, 5) is 12.3. The van der Waals surface area contributed by atoms with Crippen molar-refractivity contribution in [3.63, 3.8) is 0 Å². The minimum absolute atomic E-state index is 0.0406. The van der Waals surface area contributed by atoms with Gasteiger partial charge >= 0.3 is 0 Å². The summed E-state index contributed by atoms with van der Waals surface area (Å²) < 4.78 is 27.3. The van der Waals surface area contributed by atoms with Crippen molar-refractivity contribution >= 4 is 52.2 Å². The highest BCUT2D eigenvalue weighted by Crippen LogP contribution is 2.38. The molecule has 0 aliphatic heterocycles. The maximum Gasteiger partial charge on any atom is 0.202 e. The molecule has 0 saturated heterocycles. The first-order valence-electron chi connectivity index (χ1n) is 5.16. The quantitative estimate of drug-likeness (QED) is 0.490. The summed E-state index contributed by atoms with van der Waals surface area (Å²) in [7, 11) is 0. The van der Waals surface area contributed by atoms with Crippen LogP contribution in [0.2, 0.25) is 20.1 Å². The van der Waals surface area contributed by atoms with Gasteiger partial charge in [0.2, 0.25) is 5.78 Å².